The van der Waals surface area contributed by atoms with Crippen LogP contribution < -0.4 is 11.1 Å². The van der Waals surface area contributed by atoms with Crippen molar-refractivity contribution in [1.82, 2.24) is 5.32 Å². The monoisotopic (exact) mass is 308 g/mol. The molecule has 3 N–H and O–H groups in total. The van der Waals surface area contributed by atoms with Gasteiger partial charge in [-0.2, -0.15) is 0 Å². The Kier molecular flexibility index (Phi) is 6.40. The maximum Gasteiger partial charge on any atom is 0.251 e. The van der Waals surface area contributed by atoms with Crippen molar-refractivity contribution >= 4 is 15.7 Å². The summed E-state index contributed by atoms with van der Waals surface area (Å²) < 4.78 is 22.0. The van der Waals surface area contributed by atoms with Crippen molar-refractivity contribution in [1.29, 1.82) is 0 Å². The lowest BCUT2D eigenvalue weighted by Crippen LogP contribution is -2.26. The predicted molar refractivity (Wildman–Crippen MR) is 83.8 cm³/mol. The topological polar surface area (TPSA) is 89.3 Å². The number of carbonyl (C=O) groups is 1. The SMILES string of the molecule is Cc1ccc(C#CCN)cc1C(=O)NCCCS(C)(=O)=O. The molecule has 0 aliphatic heterocycles. The zero-order valence-corrected chi connectivity index (χ0v) is 13.1. The van der Waals surface area contributed by atoms with Gasteiger partial charge in [0.1, 0.15) is 9.84 Å². The average molecular weight is 308 g/mol. The summed E-state index contributed by atoms with van der Waals surface area (Å²) in [6.45, 7) is 2.43. The fourth-order valence-electron chi connectivity index (χ4n) is 1.73. The van der Waals surface area contributed by atoms with Gasteiger partial charge in [0, 0.05) is 23.9 Å². The highest BCUT2D eigenvalue weighted by Crippen LogP contribution is 2.10. The van der Waals surface area contributed by atoms with E-state index < -0.39 is 9.84 Å². The maximum atomic E-state index is 12.1. The average Bonchev–Trinajstić information content (AvgIpc) is 2.41. The highest BCUT2D eigenvalue weighted by atomic mass is 32.2. The van der Waals surface area contributed by atoms with Crippen molar-refractivity contribution in [2.24, 2.45) is 5.73 Å². The van der Waals surface area contributed by atoms with Crippen LogP contribution in [0.25, 0.3) is 0 Å². The van der Waals surface area contributed by atoms with Crippen LogP contribution in [0.1, 0.15) is 27.9 Å². The molecule has 0 atom stereocenters. The molecule has 114 valence electrons. The lowest BCUT2D eigenvalue weighted by Gasteiger charge is -2.08. The predicted octanol–water partition coefficient (Wildman–Crippen LogP) is 0.470. The van der Waals surface area contributed by atoms with E-state index in [1.165, 1.54) is 6.26 Å². The van der Waals surface area contributed by atoms with Gasteiger partial charge in [-0.1, -0.05) is 17.9 Å². The molecule has 21 heavy (non-hydrogen) atoms. The van der Waals surface area contributed by atoms with Crippen molar-refractivity contribution in [2.75, 3.05) is 25.1 Å². The van der Waals surface area contributed by atoms with E-state index >= 15 is 0 Å². The molecule has 6 heteroatoms. The van der Waals surface area contributed by atoms with Crippen molar-refractivity contribution in [3.05, 3.63) is 34.9 Å². The molecule has 1 amide bonds. The molecule has 1 aromatic rings. The molecular weight excluding hydrogens is 288 g/mol. The zero-order chi connectivity index (χ0) is 15.9. The van der Waals surface area contributed by atoms with Crippen molar-refractivity contribution in [3.63, 3.8) is 0 Å². The van der Waals surface area contributed by atoms with Crippen LogP contribution in [0.5, 0.6) is 0 Å². The van der Waals surface area contributed by atoms with E-state index in [-0.39, 0.29) is 18.2 Å². The maximum absolute atomic E-state index is 12.1. The number of rotatable bonds is 5. The number of carbonyl (C=O) groups excluding carboxylic acids is 1. The fraction of sp³-hybridized carbons (Fsp3) is 0.400. The third kappa shape index (κ3) is 6.43. The van der Waals surface area contributed by atoms with E-state index in [2.05, 4.69) is 17.2 Å². The summed E-state index contributed by atoms with van der Waals surface area (Å²) in [7, 11) is -2.99. The summed E-state index contributed by atoms with van der Waals surface area (Å²) in [5.74, 6) is 5.46. The number of amides is 1. The van der Waals surface area contributed by atoms with Crippen LogP contribution in [0.15, 0.2) is 18.2 Å². The summed E-state index contributed by atoms with van der Waals surface area (Å²) in [6, 6.07) is 5.37. The Morgan fingerprint density at radius 3 is 2.71 bits per heavy atom. The lowest BCUT2D eigenvalue weighted by atomic mass is 10.0. The van der Waals surface area contributed by atoms with Gasteiger partial charge in [-0.25, -0.2) is 8.42 Å². The number of sulfone groups is 1. The Morgan fingerprint density at radius 1 is 1.38 bits per heavy atom. The number of nitrogens with two attached hydrogens (primary N) is 1. The van der Waals surface area contributed by atoms with Gasteiger partial charge < -0.3 is 11.1 Å². The highest BCUT2D eigenvalue weighted by Gasteiger charge is 2.09. The molecule has 0 spiro atoms. The van der Waals surface area contributed by atoms with Crippen molar-refractivity contribution < 1.29 is 13.2 Å². The summed E-state index contributed by atoms with van der Waals surface area (Å²) >= 11 is 0. The first kappa shape index (κ1) is 17.2. The first-order valence-electron chi connectivity index (χ1n) is 6.59. The van der Waals surface area contributed by atoms with Crippen LogP contribution in [0.2, 0.25) is 0 Å². The van der Waals surface area contributed by atoms with Gasteiger partial charge in [-0.05, 0) is 31.0 Å². The number of hydrogen-bond donors (Lipinski definition) is 2. The second-order valence-corrected chi connectivity index (χ2v) is 7.03. The molecule has 1 rings (SSSR count). The molecule has 0 heterocycles. The van der Waals surface area contributed by atoms with Crippen LogP contribution in [0, 0.1) is 18.8 Å². The van der Waals surface area contributed by atoms with E-state index in [4.69, 9.17) is 5.73 Å². The van der Waals surface area contributed by atoms with Gasteiger partial charge in [0.2, 0.25) is 0 Å². The van der Waals surface area contributed by atoms with Crippen molar-refractivity contribution in [2.45, 2.75) is 13.3 Å². The van der Waals surface area contributed by atoms with Crippen LogP contribution in [0.4, 0.5) is 0 Å². The van der Waals surface area contributed by atoms with Crippen LogP contribution >= 0.6 is 0 Å². The Bertz CT molecular complexity index is 670. The van der Waals surface area contributed by atoms with E-state index in [0.29, 0.717) is 18.5 Å². The summed E-state index contributed by atoms with van der Waals surface area (Å²) in [5.41, 5.74) is 7.43. The summed E-state index contributed by atoms with van der Waals surface area (Å²) in [5, 5.41) is 2.72. The van der Waals surface area contributed by atoms with Crippen molar-refractivity contribution in [3.8, 4) is 11.8 Å². The zero-order valence-electron chi connectivity index (χ0n) is 12.3. The number of nitrogens with one attached hydrogen (secondary N) is 1. The molecule has 0 radical (unpaired) electrons. The van der Waals surface area contributed by atoms with Crippen LogP contribution in [-0.2, 0) is 9.84 Å². The first-order valence-corrected chi connectivity index (χ1v) is 8.65. The van der Waals surface area contributed by atoms with E-state index in [1.54, 1.807) is 6.07 Å². The fourth-order valence-corrected chi connectivity index (χ4v) is 2.40. The molecule has 0 aromatic heterocycles. The third-order valence-electron chi connectivity index (χ3n) is 2.79. The molecule has 0 saturated carbocycles. The largest absolute Gasteiger partial charge is 0.352 e. The van der Waals surface area contributed by atoms with Gasteiger partial charge in [0.25, 0.3) is 5.91 Å². The minimum atomic E-state index is -2.99. The second-order valence-electron chi connectivity index (χ2n) is 4.77. The summed E-state index contributed by atoms with van der Waals surface area (Å²) in [6.07, 6.45) is 1.58. The Balaban J connectivity index is 2.69. The molecule has 0 aliphatic rings. The van der Waals surface area contributed by atoms with Gasteiger partial charge in [-0.15, -0.1) is 0 Å². The standard InChI is InChI=1S/C15H20N2O3S/c1-12-6-7-13(5-3-8-16)11-14(12)15(18)17-9-4-10-21(2,19)20/h6-7,11H,4,8-10,16H2,1-2H3,(H,17,18). The highest BCUT2D eigenvalue weighted by molar-refractivity contribution is 7.90. The van der Waals surface area contributed by atoms with E-state index in [9.17, 15) is 13.2 Å². The van der Waals surface area contributed by atoms with E-state index in [0.717, 1.165) is 11.1 Å². The molecule has 1 aromatic carbocycles. The molecule has 5 nitrogen and oxygen atoms in total. The van der Waals surface area contributed by atoms with Crippen LogP contribution in [-0.4, -0.2) is 39.4 Å². The number of aryl methyl sites for hydroxylation is 1. The quantitative estimate of drug-likeness (QED) is 0.611. The van der Waals surface area contributed by atoms with Gasteiger partial charge >= 0.3 is 0 Å². The Labute approximate surface area is 125 Å². The van der Waals surface area contributed by atoms with Gasteiger partial charge in [0.15, 0.2) is 0 Å². The molecule has 0 bridgehead atoms. The molecular formula is C15H20N2O3S. The minimum Gasteiger partial charge on any atom is -0.352 e. The molecule has 0 fully saturated rings. The minimum absolute atomic E-state index is 0.0638. The summed E-state index contributed by atoms with van der Waals surface area (Å²) in [4.78, 5) is 12.1. The number of benzene rings is 1. The normalized spacial score (nSPS) is 10.6. The third-order valence-corrected chi connectivity index (χ3v) is 3.82. The van der Waals surface area contributed by atoms with Gasteiger partial charge in [0.05, 0.1) is 12.3 Å². The Hall–Kier alpha value is -1.84. The number of hydrogen-bond acceptors (Lipinski definition) is 4. The van der Waals surface area contributed by atoms with Crippen LogP contribution in [0.3, 0.4) is 0 Å². The van der Waals surface area contributed by atoms with Gasteiger partial charge in [-0.3, -0.25) is 4.79 Å². The lowest BCUT2D eigenvalue weighted by molar-refractivity contribution is 0.0953. The first-order chi connectivity index (χ1) is 9.83. The van der Waals surface area contributed by atoms with E-state index in [1.807, 2.05) is 19.1 Å². The molecule has 0 saturated heterocycles. The smallest absolute Gasteiger partial charge is 0.251 e. The molecule has 0 unspecified atom stereocenters. The Morgan fingerprint density at radius 2 is 2.10 bits per heavy atom. The molecule has 0 aliphatic carbocycles. The second kappa shape index (κ2) is 7.81.